The van der Waals surface area contributed by atoms with Gasteiger partial charge >= 0.3 is 0 Å². The molecule has 2 heterocycles. The molecule has 3 atom stereocenters. The lowest BCUT2D eigenvalue weighted by atomic mass is 9.73. The van der Waals surface area contributed by atoms with E-state index in [-0.39, 0.29) is 22.8 Å². The predicted octanol–water partition coefficient (Wildman–Crippen LogP) is 2.78. The molecule has 0 radical (unpaired) electrons. The van der Waals surface area contributed by atoms with Crippen molar-refractivity contribution in [2.75, 3.05) is 0 Å². The molecule has 1 aromatic carbocycles. The van der Waals surface area contributed by atoms with Crippen molar-refractivity contribution in [3.05, 3.63) is 88.2 Å². The molecular weight excluding hydrogens is 374 g/mol. The molecule has 1 aromatic heterocycles. The molecule has 1 fully saturated rings. The van der Waals surface area contributed by atoms with Crippen molar-refractivity contribution >= 4 is 5.87 Å². The second kappa shape index (κ2) is 7.61. The lowest BCUT2D eigenvalue weighted by Gasteiger charge is -2.43. The Morgan fingerprint density at radius 2 is 1.87 bits per heavy atom. The maximum absolute atomic E-state index is 12.0. The SMILES string of the molecule is Cc1cccc[n+]1[C@H]1[C@@H](c2ccccc2)C(C#N)=C(C(=C=[N-])C#N)N[C@]1(O)C1CC1. The number of nitriles is 2. The lowest BCUT2D eigenvalue weighted by Crippen LogP contribution is -2.66. The standard InChI is InChI=1S/C24H21N5O/c1-16-7-5-6-12-29(16)23-21(17-8-3-2-4-9-17)20(15-27)22(18(13-25)14-26)28-24(23,30)19-10-11-19/h2-9,12,19,21,23,28,30H,10-11H2,1H3/t21-,23-,24-/m0/s1. The minimum absolute atomic E-state index is 0.0466. The van der Waals surface area contributed by atoms with Crippen molar-refractivity contribution in [2.45, 2.75) is 37.5 Å². The van der Waals surface area contributed by atoms with Gasteiger partial charge in [-0.2, -0.15) is 15.1 Å². The Hall–Kier alpha value is -3.70. The zero-order chi connectivity index (χ0) is 21.3. The second-order valence-corrected chi connectivity index (χ2v) is 7.81. The highest BCUT2D eigenvalue weighted by molar-refractivity contribution is 5.74. The maximum atomic E-state index is 12.0. The number of hydrogen-bond acceptors (Lipinski definition) is 4. The third kappa shape index (κ3) is 3.09. The van der Waals surface area contributed by atoms with E-state index >= 15 is 0 Å². The number of aliphatic hydroxyl groups is 1. The summed E-state index contributed by atoms with van der Waals surface area (Å²) in [7, 11) is 0. The van der Waals surface area contributed by atoms with Crippen LogP contribution in [0.1, 0.15) is 36.1 Å². The fraction of sp³-hybridized carbons (Fsp3) is 0.292. The lowest BCUT2D eigenvalue weighted by molar-refractivity contribution is -0.747. The molecule has 2 aliphatic rings. The van der Waals surface area contributed by atoms with Crippen molar-refractivity contribution in [2.24, 2.45) is 5.92 Å². The number of benzene rings is 1. The first-order valence-electron chi connectivity index (χ1n) is 9.89. The first-order valence-corrected chi connectivity index (χ1v) is 9.89. The molecule has 6 nitrogen and oxygen atoms in total. The van der Waals surface area contributed by atoms with Crippen molar-refractivity contribution in [1.29, 1.82) is 10.5 Å². The molecular formula is C24H21N5O. The number of rotatable bonds is 4. The number of aromatic nitrogens is 1. The van der Waals surface area contributed by atoms with Gasteiger partial charge in [0.2, 0.25) is 11.8 Å². The number of allylic oxidation sites excluding steroid dienone is 2. The van der Waals surface area contributed by atoms with E-state index in [1.165, 1.54) is 0 Å². The summed E-state index contributed by atoms with van der Waals surface area (Å²) in [5, 5.41) is 44.2. The van der Waals surface area contributed by atoms with Crippen LogP contribution in [0.15, 0.2) is 71.6 Å². The van der Waals surface area contributed by atoms with E-state index in [1.54, 1.807) is 0 Å². The van der Waals surface area contributed by atoms with E-state index < -0.39 is 17.7 Å². The van der Waals surface area contributed by atoms with Crippen LogP contribution >= 0.6 is 0 Å². The number of nitrogens with one attached hydrogen (secondary N) is 1. The Morgan fingerprint density at radius 1 is 1.17 bits per heavy atom. The molecule has 148 valence electrons. The Morgan fingerprint density at radius 3 is 2.43 bits per heavy atom. The number of pyridine rings is 1. The van der Waals surface area contributed by atoms with E-state index in [1.807, 2.05) is 78.2 Å². The Bertz CT molecular complexity index is 1150. The van der Waals surface area contributed by atoms with Gasteiger partial charge in [-0.3, -0.25) is 0 Å². The van der Waals surface area contributed by atoms with Gasteiger partial charge < -0.3 is 15.8 Å². The quantitative estimate of drug-likeness (QED) is 0.472. The van der Waals surface area contributed by atoms with Crippen molar-refractivity contribution in [1.82, 2.24) is 5.32 Å². The van der Waals surface area contributed by atoms with Gasteiger partial charge in [-0.1, -0.05) is 36.4 Å². The molecule has 2 N–H and O–H groups in total. The van der Waals surface area contributed by atoms with Crippen LogP contribution in [0.5, 0.6) is 0 Å². The van der Waals surface area contributed by atoms with Gasteiger partial charge in [0.25, 0.3) is 0 Å². The summed E-state index contributed by atoms with van der Waals surface area (Å²) in [6.07, 6.45) is 3.57. The average Bonchev–Trinajstić information content (AvgIpc) is 3.62. The number of hydrogen-bond donors (Lipinski definition) is 2. The van der Waals surface area contributed by atoms with Gasteiger partial charge in [0, 0.05) is 25.0 Å². The zero-order valence-corrected chi connectivity index (χ0v) is 16.6. The monoisotopic (exact) mass is 395 g/mol. The van der Waals surface area contributed by atoms with E-state index in [9.17, 15) is 21.0 Å². The van der Waals surface area contributed by atoms with Crippen molar-refractivity contribution in [3.63, 3.8) is 0 Å². The highest BCUT2D eigenvalue weighted by atomic mass is 16.3. The molecule has 0 spiro atoms. The Labute approximate surface area is 175 Å². The molecule has 6 heteroatoms. The molecule has 1 aliphatic heterocycles. The van der Waals surface area contributed by atoms with E-state index in [4.69, 9.17) is 0 Å². The Balaban J connectivity index is 2.06. The van der Waals surface area contributed by atoms with Crippen LogP contribution in [0, 0.1) is 35.5 Å². The van der Waals surface area contributed by atoms with Gasteiger partial charge in [-0.05, 0) is 18.4 Å². The van der Waals surface area contributed by atoms with Crippen LogP contribution in [-0.2, 0) is 0 Å². The van der Waals surface area contributed by atoms with E-state index in [2.05, 4.69) is 11.4 Å². The van der Waals surface area contributed by atoms with Crippen LogP contribution < -0.4 is 9.88 Å². The minimum Gasteiger partial charge on any atom is -0.762 e. The van der Waals surface area contributed by atoms with Crippen LogP contribution in [0.4, 0.5) is 0 Å². The average molecular weight is 395 g/mol. The molecule has 0 unspecified atom stereocenters. The first kappa shape index (κ1) is 19.6. The summed E-state index contributed by atoms with van der Waals surface area (Å²) in [5.41, 5.74) is 0.602. The van der Waals surface area contributed by atoms with Crippen LogP contribution in [-0.4, -0.2) is 16.7 Å². The minimum atomic E-state index is -1.41. The topological polar surface area (TPSA) is 106 Å². The van der Waals surface area contributed by atoms with Crippen molar-refractivity contribution in [3.8, 4) is 12.1 Å². The highest BCUT2D eigenvalue weighted by Crippen LogP contribution is 2.52. The summed E-state index contributed by atoms with van der Waals surface area (Å²) in [4.78, 5) is 0. The van der Waals surface area contributed by atoms with Gasteiger partial charge in [0.1, 0.15) is 6.07 Å². The van der Waals surface area contributed by atoms with Crippen LogP contribution in [0.2, 0.25) is 0 Å². The molecule has 1 saturated carbocycles. The molecule has 1 aliphatic carbocycles. The summed E-state index contributed by atoms with van der Waals surface area (Å²) >= 11 is 0. The normalized spacial score (nSPS) is 25.5. The third-order valence-electron chi connectivity index (χ3n) is 6.03. The van der Waals surface area contributed by atoms with Gasteiger partial charge in [0.05, 0.1) is 28.8 Å². The summed E-state index contributed by atoms with van der Waals surface area (Å²) < 4.78 is 2.00. The van der Waals surface area contributed by atoms with E-state index in [0.29, 0.717) is 0 Å². The molecule has 2 aromatic rings. The number of aryl methyl sites for hydroxylation is 1. The first-order chi connectivity index (χ1) is 14.5. The second-order valence-electron chi connectivity index (χ2n) is 7.81. The molecule has 30 heavy (non-hydrogen) atoms. The molecule has 0 saturated heterocycles. The molecule has 0 bridgehead atoms. The van der Waals surface area contributed by atoms with E-state index in [0.717, 1.165) is 24.1 Å². The molecule has 0 amide bonds. The number of nitrogens with zero attached hydrogens (tertiary/aromatic N) is 4. The largest absolute Gasteiger partial charge is 0.762 e. The van der Waals surface area contributed by atoms with Crippen LogP contribution in [0.25, 0.3) is 5.41 Å². The fourth-order valence-corrected chi connectivity index (χ4v) is 4.47. The van der Waals surface area contributed by atoms with Gasteiger partial charge in [0.15, 0.2) is 11.9 Å². The zero-order valence-electron chi connectivity index (χ0n) is 16.6. The highest BCUT2D eigenvalue weighted by Gasteiger charge is 2.61. The summed E-state index contributed by atoms with van der Waals surface area (Å²) in [6, 6.07) is 18.9. The van der Waals surface area contributed by atoms with Gasteiger partial charge in [-0.15, -0.1) is 0 Å². The predicted molar refractivity (Wildman–Crippen MR) is 111 cm³/mol. The smallest absolute Gasteiger partial charge is 0.217 e. The fourth-order valence-electron chi connectivity index (χ4n) is 4.47. The molecule has 4 rings (SSSR count). The van der Waals surface area contributed by atoms with Crippen molar-refractivity contribution < 1.29 is 9.67 Å². The van der Waals surface area contributed by atoms with Gasteiger partial charge in [-0.25, -0.2) is 5.87 Å². The third-order valence-corrected chi connectivity index (χ3v) is 6.03. The van der Waals surface area contributed by atoms with Crippen LogP contribution in [0.3, 0.4) is 0 Å². The summed E-state index contributed by atoms with van der Waals surface area (Å²) in [5.74, 6) is 1.31. The summed E-state index contributed by atoms with van der Waals surface area (Å²) in [6.45, 7) is 1.96. The maximum Gasteiger partial charge on any atom is 0.217 e. The Kier molecular flexibility index (Phi) is 4.98.